The summed E-state index contributed by atoms with van der Waals surface area (Å²) in [4.78, 5) is 0. The van der Waals surface area contributed by atoms with Gasteiger partial charge < -0.3 is 0 Å². The Morgan fingerprint density at radius 1 is 0.250 bits per heavy atom. The highest BCUT2D eigenvalue weighted by molar-refractivity contribution is 9.42. The van der Waals surface area contributed by atoms with Crippen LogP contribution in [0, 0.1) is 0 Å². The molecule has 0 aromatic carbocycles. The Morgan fingerprint density at radius 2 is 0.354 bits per heavy atom. The minimum Gasteiger partial charge on any atom is -0.138 e. The zero-order valence-electron chi connectivity index (χ0n) is 38.8. The van der Waals surface area contributed by atoms with Crippen molar-refractivity contribution in [1.82, 2.24) is 0 Å². The van der Waals surface area contributed by atoms with Crippen molar-refractivity contribution in [2.75, 3.05) is 0 Å². The van der Waals surface area contributed by atoms with Gasteiger partial charge in [-0.3, -0.25) is 0 Å². The molecule has 48 heavy (non-hydrogen) atoms. The normalized spacial score (nSPS) is 26.0. The molecule has 0 atom stereocenters. The number of halogens is 2. The van der Waals surface area contributed by atoms with Gasteiger partial charge in [0.1, 0.15) is 0 Å². The van der Waals surface area contributed by atoms with Crippen LogP contribution >= 0.6 is 30.6 Å². The molecule has 0 aromatic rings. The van der Waals surface area contributed by atoms with E-state index in [-0.39, 0.29) is 0 Å². The summed E-state index contributed by atoms with van der Waals surface area (Å²) in [7, 11) is -11.7. The average Bonchev–Trinajstić information content (AvgIpc) is 2.73. The van der Waals surface area contributed by atoms with Crippen LogP contribution in [0.3, 0.4) is 0 Å². The second kappa shape index (κ2) is 12.3. The van der Waals surface area contributed by atoms with E-state index in [4.69, 9.17) is 30.6 Å². The maximum absolute atomic E-state index is 5.81. The first-order chi connectivity index (χ1) is 20.0. The highest BCUT2D eigenvalue weighted by Gasteiger charge is 3.06. The average molecular weight is 964 g/mol. The summed E-state index contributed by atoms with van der Waals surface area (Å²) in [5, 5.41) is -2.17. The third kappa shape index (κ3) is 5.26. The van der Waals surface area contributed by atoms with Gasteiger partial charge in [-0.2, -0.15) is 0 Å². The third-order valence-electron chi connectivity index (χ3n) is 18.8. The predicted octanol–water partition coefficient (Wildman–Crippen LogP) is 15.4. The van der Waals surface area contributed by atoms with Crippen molar-refractivity contribution in [3.63, 3.8) is 0 Å². The zero-order chi connectivity index (χ0) is 40.0. The molecule has 1 heterocycles. The maximum atomic E-state index is 5.81. The fraction of sp³-hybridized carbons (Fsp3) is 1.00. The summed E-state index contributed by atoms with van der Waals surface area (Å²) < 4.78 is 0. The Labute approximate surface area is 329 Å². The van der Waals surface area contributed by atoms with Gasteiger partial charge >= 0.3 is 0 Å². The fourth-order valence-electron chi connectivity index (χ4n) is 11.1. The molecule has 0 bridgehead atoms. The fourth-order valence-corrected chi connectivity index (χ4v) is 901. The molecule has 0 spiro atoms. The largest absolute Gasteiger partial charge is 0.138 e. The van der Waals surface area contributed by atoms with Crippen LogP contribution in [0.4, 0.5) is 0 Å². The van der Waals surface area contributed by atoms with Crippen molar-refractivity contribution >= 4 is 98.9 Å². The summed E-state index contributed by atoms with van der Waals surface area (Å²) >= 11 is 11.6. The van der Waals surface area contributed by atoms with E-state index in [1.807, 2.05) is 0 Å². The zero-order valence-corrected chi connectivity index (χ0v) is 51.9. The molecule has 0 aromatic heterocycles. The van der Waals surface area contributed by atoms with Crippen molar-refractivity contribution in [3.8, 4) is 0 Å². The van der Waals surface area contributed by atoms with Gasteiger partial charge in [0.15, 0.2) is 0 Å². The van der Waals surface area contributed by atoms with Crippen LogP contribution in [0.15, 0.2) is 0 Å². The van der Waals surface area contributed by atoms with Gasteiger partial charge in [-0.15, -0.1) is 30.6 Å². The molecule has 1 rings (SSSR count). The summed E-state index contributed by atoms with van der Waals surface area (Å²) in [6, 6.07) is 0. The van der Waals surface area contributed by atoms with Gasteiger partial charge in [-0.1, -0.05) is 203 Å². The first kappa shape index (κ1) is 49.1. The molecule has 0 unspecified atom stereocenters. The molecule has 1 aliphatic heterocycles. The van der Waals surface area contributed by atoms with Gasteiger partial charge in [-0.25, -0.2) is 0 Å². The van der Waals surface area contributed by atoms with E-state index in [9.17, 15) is 0 Å². The molecule has 1 saturated heterocycles. The smallest absolute Gasteiger partial charge is 0.0967 e. The minimum atomic E-state index is -2.20. The summed E-state index contributed by atoms with van der Waals surface area (Å²) in [6.07, 6.45) is -4.27. The van der Waals surface area contributed by atoms with Gasteiger partial charge in [0, 0.05) is 30.4 Å². The van der Waals surface area contributed by atoms with Crippen molar-refractivity contribution < 1.29 is 0 Å². The first-order valence-electron chi connectivity index (χ1n) is 19.4. The van der Waals surface area contributed by atoms with Gasteiger partial charge in [0.2, 0.25) is 0 Å². The molecule has 0 saturated carbocycles. The Kier molecular flexibility index (Phi) is 12.6. The summed E-state index contributed by atoms with van der Waals surface area (Å²) in [6.45, 7) is 86.5. The van der Waals surface area contributed by atoms with E-state index in [1.54, 1.807) is 0 Å². The van der Waals surface area contributed by atoms with Crippen molar-refractivity contribution in [2.24, 2.45) is 0 Å². The molecule has 0 amide bonds. The van der Waals surface area contributed by atoms with E-state index in [2.05, 4.69) is 203 Å². The second-order valence-electron chi connectivity index (χ2n) is 26.1. The molecular weight excluding hydrogens is 873 g/mol. The SMILES string of the molecule is CC(C)(C)[Si](C)(C)[Si]1(Br)[Si]([Si](C)(C)C(C)(C)C)([Si](C)(C)C(C)(C)C)[Si](Br)([Si](C)(C)C(C)(C)C)[Si]1([Si](C)(C)C(C)(C)C)[Si](C)(C)C(C)(C)C. The molecule has 12 heteroatoms. The standard InChI is InChI=1S/C36H90Br2Si10/c1-31(2,3)39(19,20)45(37)47(41(23,24)33(7,8)9,42(25,26)34(10,11)12)46(38,40(21,22)32(4,5)6)48(45,43(27,28)35(13,14)15)44(29,30)36(16,17)18/h1-30H3. The summed E-state index contributed by atoms with van der Waals surface area (Å²) in [5.74, 6) is 0. The topological polar surface area (TPSA) is 0 Å². The van der Waals surface area contributed by atoms with Crippen LogP contribution < -0.4 is 0 Å². The van der Waals surface area contributed by atoms with Crippen molar-refractivity contribution in [2.45, 2.75) is 233 Å². The van der Waals surface area contributed by atoms with Crippen LogP contribution in [0.1, 0.15) is 125 Å². The van der Waals surface area contributed by atoms with Gasteiger partial charge in [0.25, 0.3) is 0 Å². The Bertz CT molecular complexity index is 1060. The van der Waals surface area contributed by atoms with Crippen molar-refractivity contribution in [3.05, 3.63) is 0 Å². The number of hydrogen-bond donors (Lipinski definition) is 0. The lowest BCUT2D eigenvalue weighted by Gasteiger charge is -2.95. The lowest BCUT2D eigenvalue weighted by Crippen LogP contribution is -3.28. The lowest BCUT2D eigenvalue weighted by molar-refractivity contribution is 0.723. The van der Waals surface area contributed by atoms with Crippen molar-refractivity contribution in [1.29, 1.82) is 0 Å². The molecule has 0 radical (unpaired) electrons. The molecular formula is C36H90Br2Si10. The number of rotatable bonds is 6. The van der Waals surface area contributed by atoms with E-state index in [1.165, 1.54) is 0 Å². The number of hydrogen-bond acceptors (Lipinski definition) is 0. The second-order valence-corrected chi connectivity index (χ2v) is 162. The molecule has 1 fully saturated rings. The van der Waals surface area contributed by atoms with Crippen LogP contribution in [-0.4, -0.2) is 68.3 Å². The molecule has 288 valence electrons. The van der Waals surface area contributed by atoms with Crippen LogP contribution in [0.2, 0.25) is 109 Å². The minimum absolute atomic E-state index is 0.366. The molecule has 0 aliphatic carbocycles. The Morgan fingerprint density at radius 3 is 0.438 bits per heavy atom. The van der Waals surface area contributed by atoms with Crippen LogP contribution in [-0.2, 0) is 0 Å². The summed E-state index contributed by atoms with van der Waals surface area (Å²) in [5.41, 5.74) is 0. The van der Waals surface area contributed by atoms with Gasteiger partial charge in [0.05, 0.1) is 38.0 Å². The monoisotopic (exact) mass is 960 g/mol. The third-order valence-corrected chi connectivity index (χ3v) is 405. The predicted molar refractivity (Wildman–Crippen MR) is 264 cm³/mol. The Balaban J connectivity index is 5.77. The highest BCUT2D eigenvalue weighted by atomic mass is 79.9. The molecule has 0 nitrogen and oxygen atoms in total. The van der Waals surface area contributed by atoms with E-state index in [0.29, 0.717) is 30.2 Å². The molecule has 1 aliphatic rings. The highest BCUT2D eigenvalue weighted by Crippen LogP contribution is 2.80. The first-order valence-corrected chi connectivity index (χ1v) is 59.9. The van der Waals surface area contributed by atoms with Crippen LogP contribution in [0.5, 0.6) is 0 Å². The lowest BCUT2D eigenvalue weighted by atomic mass is 10.2. The van der Waals surface area contributed by atoms with E-state index in [0.717, 1.165) is 0 Å². The van der Waals surface area contributed by atoms with Crippen LogP contribution in [0.25, 0.3) is 0 Å². The Hall–Kier alpha value is 3.13. The van der Waals surface area contributed by atoms with E-state index < -0.39 is 68.3 Å². The molecule has 0 N–H and O–H groups in total. The quantitative estimate of drug-likeness (QED) is 0.184. The van der Waals surface area contributed by atoms with E-state index >= 15 is 0 Å². The maximum Gasteiger partial charge on any atom is 0.0967 e. The van der Waals surface area contributed by atoms with Gasteiger partial charge in [-0.05, 0) is 30.2 Å².